The predicted molar refractivity (Wildman–Crippen MR) is 71.4 cm³/mol. The summed E-state index contributed by atoms with van der Waals surface area (Å²) >= 11 is 0. The summed E-state index contributed by atoms with van der Waals surface area (Å²) in [6.45, 7) is 9.50. The van der Waals surface area contributed by atoms with Crippen LogP contribution < -0.4 is 5.32 Å². The highest BCUT2D eigenvalue weighted by Crippen LogP contribution is 2.21. The molecule has 17 heavy (non-hydrogen) atoms. The molecular formula is C13H25N3O. The summed E-state index contributed by atoms with van der Waals surface area (Å²) in [6.07, 6.45) is 5.04. The van der Waals surface area contributed by atoms with Gasteiger partial charge in [0.25, 0.3) is 0 Å². The lowest BCUT2D eigenvalue weighted by Gasteiger charge is -2.20. The van der Waals surface area contributed by atoms with Gasteiger partial charge in [-0.2, -0.15) is 0 Å². The van der Waals surface area contributed by atoms with Gasteiger partial charge in [0.05, 0.1) is 6.61 Å². The number of nitrogens with zero attached hydrogens (tertiary/aromatic N) is 2. The summed E-state index contributed by atoms with van der Waals surface area (Å²) in [4.78, 5) is 4.36. The molecule has 2 unspecified atom stereocenters. The highest BCUT2D eigenvalue weighted by molar-refractivity contribution is 5.28. The lowest BCUT2D eigenvalue weighted by molar-refractivity contribution is 0.190. The van der Waals surface area contributed by atoms with Crippen LogP contribution in [0, 0.1) is 5.92 Å². The molecule has 1 aromatic heterocycles. The number of nitrogens with one attached hydrogen (secondary N) is 1. The number of anilines is 1. The Kier molecular flexibility index (Phi) is 5.48. The van der Waals surface area contributed by atoms with Crippen LogP contribution in [0.5, 0.6) is 0 Å². The van der Waals surface area contributed by atoms with Crippen molar-refractivity contribution in [1.29, 1.82) is 0 Å². The van der Waals surface area contributed by atoms with E-state index < -0.39 is 0 Å². The van der Waals surface area contributed by atoms with E-state index in [-0.39, 0.29) is 6.04 Å². The standard InChI is InChI=1S/C13H25N3O/c1-10(2)8-12(4)16-7-6-14-13(16)15-11(3)9-17-5/h6-7,10-12H,8-9H2,1-5H3,(H,14,15). The van der Waals surface area contributed by atoms with Crippen molar-refractivity contribution in [2.45, 2.75) is 46.2 Å². The number of rotatable bonds is 7. The molecule has 2 atom stereocenters. The van der Waals surface area contributed by atoms with Gasteiger partial charge in [0.2, 0.25) is 5.95 Å². The molecule has 0 spiro atoms. The fourth-order valence-corrected chi connectivity index (χ4v) is 2.09. The van der Waals surface area contributed by atoms with Gasteiger partial charge in [-0.05, 0) is 26.2 Å². The Balaban J connectivity index is 2.65. The molecule has 0 fully saturated rings. The van der Waals surface area contributed by atoms with Gasteiger partial charge in [-0.3, -0.25) is 0 Å². The minimum atomic E-state index is 0.271. The third-order valence-corrected chi connectivity index (χ3v) is 2.75. The van der Waals surface area contributed by atoms with Gasteiger partial charge in [0.1, 0.15) is 0 Å². The van der Waals surface area contributed by atoms with Gasteiger partial charge in [-0.15, -0.1) is 0 Å². The third-order valence-electron chi connectivity index (χ3n) is 2.75. The Morgan fingerprint density at radius 3 is 2.65 bits per heavy atom. The van der Waals surface area contributed by atoms with E-state index in [4.69, 9.17) is 4.74 Å². The first-order valence-electron chi connectivity index (χ1n) is 6.32. The molecule has 4 nitrogen and oxygen atoms in total. The number of hydrogen-bond acceptors (Lipinski definition) is 3. The quantitative estimate of drug-likeness (QED) is 0.795. The van der Waals surface area contributed by atoms with Crippen molar-refractivity contribution in [3.8, 4) is 0 Å². The van der Waals surface area contributed by atoms with Gasteiger partial charge in [0.15, 0.2) is 0 Å². The van der Waals surface area contributed by atoms with E-state index in [0.29, 0.717) is 18.6 Å². The van der Waals surface area contributed by atoms with Crippen LogP contribution in [-0.2, 0) is 4.74 Å². The second-order valence-corrected chi connectivity index (χ2v) is 5.14. The van der Waals surface area contributed by atoms with Crippen molar-refractivity contribution in [3.63, 3.8) is 0 Å². The Morgan fingerprint density at radius 2 is 2.06 bits per heavy atom. The lowest BCUT2D eigenvalue weighted by Crippen LogP contribution is -2.24. The second-order valence-electron chi connectivity index (χ2n) is 5.14. The summed E-state index contributed by atoms with van der Waals surface area (Å²) in [7, 11) is 1.71. The van der Waals surface area contributed by atoms with Gasteiger partial charge in [0, 0.05) is 31.6 Å². The molecule has 0 amide bonds. The normalized spacial score (nSPS) is 14.9. The van der Waals surface area contributed by atoms with Crippen LogP contribution >= 0.6 is 0 Å². The summed E-state index contributed by atoms with van der Waals surface area (Å²) in [6, 6.07) is 0.738. The maximum Gasteiger partial charge on any atom is 0.203 e. The monoisotopic (exact) mass is 239 g/mol. The van der Waals surface area contributed by atoms with E-state index >= 15 is 0 Å². The molecule has 0 saturated carbocycles. The molecule has 1 heterocycles. The van der Waals surface area contributed by atoms with E-state index in [9.17, 15) is 0 Å². The number of hydrogen-bond donors (Lipinski definition) is 1. The van der Waals surface area contributed by atoms with Crippen molar-refractivity contribution in [1.82, 2.24) is 9.55 Å². The van der Waals surface area contributed by atoms with Crippen LogP contribution in [0.3, 0.4) is 0 Å². The molecule has 0 aliphatic heterocycles. The number of aromatic nitrogens is 2. The van der Waals surface area contributed by atoms with Crippen LogP contribution in [0.25, 0.3) is 0 Å². The predicted octanol–water partition coefficient (Wildman–Crippen LogP) is 2.94. The molecule has 0 radical (unpaired) electrons. The maximum absolute atomic E-state index is 5.12. The zero-order valence-corrected chi connectivity index (χ0v) is 11.6. The van der Waals surface area contributed by atoms with Crippen LogP contribution in [-0.4, -0.2) is 29.3 Å². The van der Waals surface area contributed by atoms with Crippen molar-refractivity contribution in [2.24, 2.45) is 5.92 Å². The summed E-state index contributed by atoms with van der Waals surface area (Å²) < 4.78 is 7.32. The molecule has 0 aromatic carbocycles. The third kappa shape index (κ3) is 4.38. The molecule has 1 aromatic rings. The molecule has 0 bridgehead atoms. The van der Waals surface area contributed by atoms with Crippen LogP contribution in [0.15, 0.2) is 12.4 Å². The van der Waals surface area contributed by atoms with E-state index in [2.05, 4.69) is 42.6 Å². The lowest BCUT2D eigenvalue weighted by atomic mass is 10.1. The fourth-order valence-electron chi connectivity index (χ4n) is 2.09. The average Bonchev–Trinajstić information content (AvgIpc) is 2.65. The van der Waals surface area contributed by atoms with Crippen LogP contribution in [0.1, 0.15) is 40.2 Å². The van der Waals surface area contributed by atoms with Crippen molar-refractivity contribution >= 4 is 5.95 Å². The number of ether oxygens (including phenoxy) is 1. The second kappa shape index (κ2) is 6.64. The Hall–Kier alpha value is -1.03. The molecule has 4 heteroatoms. The SMILES string of the molecule is COCC(C)Nc1nccn1C(C)CC(C)C. The maximum atomic E-state index is 5.12. The van der Waals surface area contributed by atoms with E-state index in [1.165, 1.54) is 0 Å². The Bertz CT molecular complexity index is 322. The summed E-state index contributed by atoms with van der Waals surface area (Å²) in [5, 5.41) is 3.37. The van der Waals surface area contributed by atoms with Crippen LogP contribution in [0.2, 0.25) is 0 Å². The van der Waals surface area contributed by atoms with Gasteiger partial charge in [-0.25, -0.2) is 4.98 Å². The van der Waals surface area contributed by atoms with E-state index in [1.54, 1.807) is 7.11 Å². The van der Waals surface area contributed by atoms with Crippen molar-refractivity contribution in [3.05, 3.63) is 12.4 Å². The molecule has 0 aliphatic rings. The Morgan fingerprint density at radius 1 is 1.35 bits per heavy atom. The fraction of sp³-hybridized carbons (Fsp3) is 0.769. The largest absolute Gasteiger partial charge is 0.383 e. The summed E-state index contributed by atoms with van der Waals surface area (Å²) in [5.74, 6) is 1.62. The first kappa shape index (κ1) is 14.0. The van der Waals surface area contributed by atoms with Gasteiger partial charge >= 0.3 is 0 Å². The van der Waals surface area contributed by atoms with E-state index in [1.807, 2.05) is 12.4 Å². The summed E-state index contributed by atoms with van der Waals surface area (Å²) in [5.41, 5.74) is 0. The Labute approximate surface area is 104 Å². The number of methoxy groups -OCH3 is 1. The van der Waals surface area contributed by atoms with Gasteiger partial charge < -0.3 is 14.6 Å². The van der Waals surface area contributed by atoms with E-state index in [0.717, 1.165) is 12.4 Å². The minimum absolute atomic E-state index is 0.271. The number of imidazole rings is 1. The highest BCUT2D eigenvalue weighted by Gasteiger charge is 2.12. The minimum Gasteiger partial charge on any atom is -0.383 e. The zero-order chi connectivity index (χ0) is 12.8. The topological polar surface area (TPSA) is 39.1 Å². The molecule has 0 aliphatic carbocycles. The highest BCUT2D eigenvalue weighted by atomic mass is 16.5. The van der Waals surface area contributed by atoms with Gasteiger partial charge in [-0.1, -0.05) is 13.8 Å². The molecular weight excluding hydrogens is 214 g/mol. The van der Waals surface area contributed by atoms with Crippen LogP contribution in [0.4, 0.5) is 5.95 Å². The average molecular weight is 239 g/mol. The smallest absolute Gasteiger partial charge is 0.203 e. The van der Waals surface area contributed by atoms with Crippen molar-refractivity contribution < 1.29 is 4.74 Å². The zero-order valence-electron chi connectivity index (χ0n) is 11.6. The first-order valence-corrected chi connectivity index (χ1v) is 6.32. The molecule has 1 N–H and O–H groups in total. The first-order chi connectivity index (χ1) is 8.04. The van der Waals surface area contributed by atoms with Crippen molar-refractivity contribution in [2.75, 3.05) is 19.0 Å². The molecule has 0 saturated heterocycles. The molecule has 98 valence electrons. The molecule has 1 rings (SSSR count).